The number of piperazine rings is 1. The summed E-state index contributed by atoms with van der Waals surface area (Å²) in [5.41, 5.74) is 1.58. The molecular weight excluding hydrogens is 362 g/mol. The van der Waals surface area contributed by atoms with E-state index in [9.17, 15) is 8.78 Å². The normalized spacial score (nSPS) is 14.9. The zero-order valence-electron chi connectivity index (χ0n) is 15.1. The summed E-state index contributed by atoms with van der Waals surface area (Å²) in [5, 5.41) is 8.29. The number of anilines is 1. The second kappa shape index (κ2) is 6.79. The molecule has 4 aromatic rings. The van der Waals surface area contributed by atoms with Crippen LogP contribution in [0, 0.1) is 11.6 Å². The maximum absolute atomic E-state index is 14.9. The van der Waals surface area contributed by atoms with Gasteiger partial charge in [0.15, 0.2) is 5.65 Å². The molecule has 0 unspecified atom stereocenters. The molecule has 0 atom stereocenters. The smallest absolute Gasteiger partial charge is 0.153 e. The van der Waals surface area contributed by atoms with Crippen molar-refractivity contribution in [2.45, 2.75) is 6.42 Å². The zero-order valence-corrected chi connectivity index (χ0v) is 15.1. The van der Waals surface area contributed by atoms with Crippen molar-refractivity contribution in [2.75, 3.05) is 31.1 Å². The highest BCUT2D eigenvalue weighted by molar-refractivity contribution is 5.80. The van der Waals surface area contributed by atoms with Crippen LogP contribution < -0.4 is 10.2 Å². The SMILES string of the molecule is Fc1cc2ncccc2c(F)c1Cc1cnc2ccc(N3CCNCC3)nn12. The minimum absolute atomic E-state index is 0.00308. The molecule has 0 spiro atoms. The van der Waals surface area contributed by atoms with Gasteiger partial charge in [-0.3, -0.25) is 4.98 Å². The maximum atomic E-state index is 14.9. The molecule has 28 heavy (non-hydrogen) atoms. The first-order valence-electron chi connectivity index (χ1n) is 9.21. The fourth-order valence-corrected chi connectivity index (χ4v) is 3.63. The van der Waals surface area contributed by atoms with Gasteiger partial charge >= 0.3 is 0 Å². The van der Waals surface area contributed by atoms with Crippen LogP contribution in [-0.4, -0.2) is 45.8 Å². The van der Waals surface area contributed by atoms with Crippen LogP contribution in [0.1, 0.15) is 11.3 Å². The first-order chi connectivity index (χ1) is 13.7. The fourth-order valence-electron chi connectivity index (χ4n) is 3.63. The second-order valence-electron chi connectivity index (χ2n) is 6.85. The number of benzene rings is 1. The first-order valence-corrected chi connectivity index (χ1v) is 9.21. The van der Waals surface area contributed by atoms with E-state index in [1.807, 2.05) is 12.1 Å². The third kappa shape index (κ3) is 2.86. The quantitative estimate of drug-likeness (QED) is 0.592. The number of nitrogens with one attached hydrogen (secondary N) is 1. The van der Waals surface area contributed by atoms with Crippen molar-refractivity contribution in [3.8, 4) is 0 Å². The maximum Gasteiger partial charge on any atom is 0.153 e. The van der Waals surface area contributed by atoms with E-state index in [0.29, 0.717) is 22.2 Å². The Bertz CT molecular complexity index is 1170. The number of fused-ring (bicyclic) bond motifs is 2. The number of pyridine rings is 1. The van der Waals surface area contributed by atoms with Crippen LogP contribution in [0.15, 0.2) is 42.7 Å². The lowest BCUT2D eigenvalue weighted by molar-refractivity contribution is 0.566. The fraction of sp³-hybridized carbons (Fsp3) is 0.250. The Hall–Kier alpha value is -3.13. The van der Waals surface area contributed by atoms with E-state index in [2.05, 4.69) is 25.3 Å². The zero-order chi connectivity index (χ0) is 19.1. The van der Waals surface area contributed by atoms with Gasteiger partial charge in [0.1, 0.15) is 17.5 Å². The Balaban J connectivity index is 1.56. The summed E-state index contributed by atoms with van der Waals surface area (Å²) in [6.07, 6.45) is 3.20. The third-order valence-electron chi connectivity index (χ3n) is 5.11. The summed E-state index contributed by atoms with van der Waals surface area (Å²) in [7, 11) is 0. The molecule has 0 bridgehead atoms. The van der Waals surface area contributed by atoms with Crippen LogP contribution in [0.5, 0.6) is 0 Å². The minimum Gasteiger partial charge on any atom is -0.353 e. The molecule has 0 aliphatic carbocycles. The second-order valence-corrected chi connectivity index (χ2v) is 6.85. The molecule has 4 heterocycles. The largest absolute Gasteiger partial charge is 0.353 e. The summed E-state index contributed by atoms with van der Waals surface area (Å²) in [6, 6.07) is 8.33. The molecule has 1 aliphatic rings. The van der Waals surface area contributed by atoms with Gasteiger partial charge < -0.3 is 10.2 Å². The average Bonchev–Trinajstić information content (AvgIpc) is 3.14. The van der Waals surface area contributed by atoms with Crippen molar-refractivity contribution in [2.24, 2.45) is 0 Å². The molecule has 0 amide bonds. The predicted molar refractivity (Wildman–Crippen MR) is 103 cm³/mol. The molecule has 1 aromatic carbocycles. The van der Waals surface area contributed by atoms with E-state index in [4.69, 9.17) is 0 Å². The van der Waals surface area contributed by atoms with E-state index in [0.717, 1.165) is 32.0 Å². The first kappa shape index (κ1) is 17.0. The monoisotopic (exact) mass is 380 g/mol. The number of imidazole rings is 1. The van der Waals surface area contributed by atoms with E-state index in [1.54, 1.807) is 22.8 Å². The number of nitrogens with zero attached hydrogens (tertiary/aromatic N) is 5. The molecule has 5 rings (SSSR count). The van der Waals surface area contributed by atoms with Crippen LogP contribution in [-0.2, 0) is 6.42 Å². The number of rotatable bonds is 3. The number of aromatic nitrogens is 4. The van der Waals surface area contributed by atoms with Gasteiger partial charge in [0.2, 0.25) is 0 Å². The standard InChI is InChI=1S/C20H18F2N6/c21-16-11-17-14(2-1-5-24-17)20(22)15(16)10-13-12-25-18-3-4-19(26-28(13)18)27-8-6-23-7-9-27/h1-5,11-12,23H,6-10H2. The average molecular weight is 380 g/mol. The molecule has 3 aromatic heterocycles. The van der Waals surface area contributed by atoms with Gasteiger partial charge in [-0.25, -0.2) is 18.3 Å². The van der Waals surface area contributed by atoms with Crippen molar-refractivity contribution >= 4 is 22.4 Å². The molecule has 1 N–H and O–H groups in total. The van der Waals surface area contributed by atoms with Crippen molar-refractivity contribution in [1.29, 1.82) is 0 Å². The van der Waals surface area contributed by atoms with Gasteiger partial charge in [0.05, 0.1) is 17.4 Å². The van der Waals surface area contributed by atoms with Crippen molar-refractivity contribution in [3.05, 3.63) is 65.6 Å². The van der Waals surface area contributed by atoms with E-state index >= 15 is 0 Å². The van der Waals surface area contributed by atoms with Gasteiger partial charge in [0, 0.05) is 55.8 Å². The van der Waals surface area contributed by atoms with Crippen LogP contribution in [0.4, 0.5) is 14.6 Å². The molecule has 6 nitrogen and oxygen atoms in total. The van der Waals surface area contributed by atoms with Crippen LogP contribution >= 0.6 is 0 Å². The summed E-state index contributed by atoms with van der Waals surface area (Å²) in [5.74, 6) is -0.370. The van der Waals surface area contributed by atoms with Gasteiger partial charge in [-0.05, 0) is 24.3 Å². The molecule has 142 valence electrons. The highest BCUT2D eigenvalue weighted by atomic mass is 19.1. The van der Waals surface area contributed by atoms with Crippen LogP contribution in [0.2, 0.25) is 0 Å². The van der Waals surface area contributed by atoms with Crippen molar-refractivity contribution in [3.63, 3.8) is 0 Å². The molecular formula is C20H18F2N6. The summed E-state index contributed by atoms with van der Waals surface area (Å²) >= 11 is 0. The lowest BCUT2D eigenvalue weighted by Crippen LogP contribution is -2.44. The lowest BCUT2D eigenvalue weighted by atomic mass is 10.0. The van der Waals surface area contributed by atoms with E-state index in [1.165, 1.54) is 12.3 Å². The van der Waals surface area contributed by atoms with Gasteiger partial charge in [0.25, 0.3) is 0 Å². The Kier molecular flexibility index (Phi) is 4.12. The topological polar surface area (TPSA) is 58.4 Å². The minimum atomic E-state index is -0.614. The van der Waals surface area contributed by atoms with Crippen molar-refractivity contribution < 1.29 is 8.78 Å². The molecule has 1 saturated heterocycles. The van der Waals surface area contributed by atoms with E-state index in [-0.39, 0.29) is 12.0 Å². The van der Waals surface area contributed by atoms with E-state index < -0.39 is 11.6 Å². The Morgan fingerprint density at radius 3 is 2.79 bits per heavy atom. The molecule has 1 fully saturated rings. The number of hydrogen-bond donors (Lipinski definition) is 1. The predicted octanol–water partition coefficient (Wildman–Crippen LogP) is 2.56. The Morgan fingerprint density at radius 1 is 1.07 bits per heavy atom. The highest BCUT2D eigenvalue weighted by Gasteiger charge is 2.18. The molecule has 0 saturated carbocycles. The third-order valence-corrected chi connectivity index (χ3v) is 5.11. The number of hydrogen-bond acceptors (Lipinski definition) is 5. The molecule has 8 heteroatoms. The Morgan fingerprint density at radius 2 is 1.93 bits per heavy atom. The van der Waals surface area contributed by atoms with Gasteiger partial charge in [-0.15, -0.1) is 5.10 Å². The lowest BCUT2D eigenvalue weighted by Gasteiger charge is -2.28. The van der Waals surface area contributed by atoms with Crippen molar-refractivity contribution in [1.82, 2.24) is 24.9 Å². The Labute approximate surface area is 159 Å². The highest BCUT2D eigenvalue weighted by Crippen LogP contribution is 2.25. The van der Waals surface area contributed by atoms with Gasteiger partial charge in [-0.2, -0.15) is 0 Å². The van der Waals surface area contributed by atoms with Crippen LogP contribution in [0.25, 0.3) is 16.6 Å². The summed E-state index contributed by atoms with van der Waals surface area (Å²) in [6.45, 7) is 3.53. The molecule has 1 aliphatic heterocycles. The number of halogens is 2. The summed E-state index contributed by atoms with van der Waals surface area (Å²) in [4.78, 5) is 10.6. The van der Waals surface area contributed by atoms with Gasteiger partial charge in [-0.1, -0.05) is 0 Å². The molecule has 0 radical (unpaired) electrons. The summed E-state index contributed by atoms with van der Waals surface area (Å²) < 4.78 is 31.2. The van der Waals surface area contributed by atoms with Crippen LogP contribution in [0.3, 0.4) is 0 Å².